The van der Waals surface area contributed by atoms with Crippen molar-refractivity contribution in [2.45, 2.75) is 6.92 Å². The van der Waals surface area contributed by atoms with Gasteiger partial charge in [-0.1, -0.05) is 12.1 Å². The maximum Gasteiger partial charge on any atom is 0.264 e. The summed E-state index contributed by atoms with van der Waals surface area (Å²) in [5.41, 5.74) is 0. The zero-order chi connectivity index (χ0) is 13.8. The fourth-order valence-electron chi connectivity index (χ4n) is 1.49. The van der Waals surface area contributed by atoms with Gasteiger partial charge >= 0.3 is 0 Å². The van der Waals surface area contributed by atoms with E-state index in [1.54, 1.807) is 26.1 Å². The van der Waals surface area contributed by atoms with E-state index in [0.717, 1.165) is 0 Å². The number of nitrogens with one attached hydrogen (secondary N) is 1. The molecule has 0 unspecified atom stereocenters. The van der Waals surface area contributed by atoms with Gasteiger partial charge in [-0.05, 0) is 19.1 Å². The van der Waals surface area contributed by atoms with Gasteiger partial charge in [-0.2, -0.15) is 10.1 Å². The van der Waals surface area contributed by atoms with Crippen molar-refractivity contribution in [2.24, 2.45) is 7.05 Å². The highest BCUT2D eigenvalue weighted by atomic mass is 19.1. The minimum absolute atomic E-state index is 0.0341. The van der Waals surface area contributed by atoms with E-state index in [9.17, 15) is 9.18 Å². The van der Waals surface area contributed by atoms with Gasteiger partial charge in [0.05, 0.1) is 0 Å². The summed E-state index contributed by atoms with van der Waals surface area (Å²) in [6.45, 7) is 1.42. The van der Waals surface area contributed by atoms with Gasteiger partial charge in [-0.25, -0.2) is 9.07 Å². The number of aromatic nitrogens is 3. The van der Waals surface area contributed by atoms with Crippen LogP contribution < -0.4 is 10.1 Å². The number of aryl methyl sites for hydroxylation is 2. The normalized spacial score (nSPS) is 10.3. The average Bonchev–Trinajstić information content (AvgIpc) is 2.67. The van der Waals surface area contributed by atoms with E-state index in [4.69, 9.17) is 4.74 Å². The summed E-state index contributed by atoms with van der Waals surface area (Å²) in [5.74, 6) is -0.0391. The lowest BCUT2D eigenvalue weighted by molar-refractivity contribution is -0.118. The largest absolute Gasteiger partial charge is 0.481 e. The molecule has 0 atom stereocenters. The molecule has 1 aromatic heterocycles. The van der Waals surface area contributed by atoms with E-state index in [0.29, 0.717) is 11.8 Å². The molecule has 0 radical (unpaired) electrons. The number of rotatable bonds is 4. The summed E-state index contributed by atoms with van der Waals surface area (Å²) in [4.78, 5) is 15.6. The van der Waals surface area contributed by atoms with Gasteiger partial charge in [-0.15, -0.1) is 0 Å². The molecule has 6 nitrogen and oxygen atoms in total. The molecule has 1 N–H and O–H groups in total. The Morgan fingerprint density at radius 3 is 2.84 bits per heavy atom. The molecule has 0 spiro atoms. The van der Waals surface area contributed by atoms with Crippen LogP contribution in [0.1, 0.15) is 5.82 Å². The lowest BCUT2D eigenvalue weighted by Gasteiger charge is -2.07. The quantitative estimate of drug-likeness (QED) is 0.903. The first-order chi connectivity index (χ1) is 9.06. The highest BCUT2D eigenvalue weighted by molar-refractivity contribution is 5.90. The molecule has 0 saturated carbocycles. The Morgan fingerprint density at radius 2 is 2.21 bits per heavy atom. The Balaban J connectivity index is 1.92. The van der Waals surface area contributed by atoms with Crippen molar-refractivity contribution in [2.75, 3.05) is 11.9 Å². The third-order valence-electron chi connectivity index (χ3n) is 2.32. The first-order valence-corrected chi connectivity index (χ1v) is 5.61. The van der Waals surface area contributed by atoms with Gasteiger partial charge in [-0.3, -0.25) is 10.1 Å². The molecule has 2 aromatic rings. The Morgan fingerprint density at radius 1 is 1.47 bits per heavy atom. The van der Waals surface area contributed by atoms with Crippen LogP contribution in [0, 0.1) is 12.7 Å². The summed E-state index contributed by atoms with van der Waals surface area (Å²) in [5, 5.41) is 6.51. The predicted molar refractivity (Wildman–Crippen MR) is 66.3 cm³/mol. The number of hydrogen-bond donors (Lipinski definition) is 1. The van der Waals surface area contributed by atoms with Gasteiger partial charge in [0.15, 0.2) is 18.2 Å². The van der Waals surface area contributed by atoms with Crippen LogP contribution in [0.3, 0.4) is 0 Å². The molecule has 1 aromatic carbocycles. The second-order valence-electron chi connectivity index (χ2n) is 3.87. The maximum atomic E-state index is 13.3. The fourth-order valence-corrected chi connectivity index (χ4v) is 1.49. The summed E-state index contributed by atoms with van der Waals surface area (Å²) in [7, 11) is 1.66. The van der Waals surface area contributed by atoms with E-state index < -0.39 is 11.7 Å². The Hall–Kier alpha value is -2.44. The lowest BCUT2D eigenvalue weighted by Crippen LogP contribution is -2.22. The smallest absolute Gasteiger partial charge is 0.264 e. The first-order valence-electron chi connectivity index (χ1n) is 5.61. The van der Waals surface area contributed by atoms with Crippen molar-refractivity contribution in [3.63, 3.8) is 0 Å². The van der Waals surface area contributed by atoms with Crippen molar-refractivity contribution >= 4 is 11.9 Å². The minimum Gasteiger partial charge on any atom is -0.481 e. The monoisotopic (exact) mass is 264 g/mol. The zero-order valence-corrected chi connectivity index (χ0v) is 10.6. The molecular weight excluding hydrogens is 251 g/mol. The van der Waals surface area contributed by atoms with Crippen LogP contribution in [0.5, 0.6) is 5.75 Å². The highest BCUT2D eigenvalue weighted by Gasteiger charge is 2.10. The van der Waals surface area contributed by atoms with Crippen LogP contribution in [0.4, 0.5) is 10.3 Å². The molecule has 2 rings (SSSR count). The van der Waals surface area contributed by atoms with E-state index in [1.807, 2.05) is 0 Å². The van der Waals surface area contributed by atoms with Crippen LogP contribution in [0.2, 0.25) is 0 Å². The van der Waals surface area contributed by atoms with E-state index >= 15 is 0 Å². The molecule has 0 bridgehead atoms. The summed E-state index contributed by atoms with van der Waals surface area (Å²) < 4.78 is 19.8. The minimum atomic E-state index is -0.509. The van der Waals surface area contributed by atoms with Crippen molar-refractivity contribution in [1.29, 1.82) is 0 Å². The number of amides is 1. The molecule has 0 saturated heterocycles. The van der Waals surface area contributed by atoms with Crippen LogP contribution >= 0.6 is 0 Å². The number of carbonyl (C=O) groups excluding carboxylic acids is 1. The maximum absolute atomic E-state index is 13.3. The summed E-state index contributed by atoms with van der Waals surface area (Å²) in [6.07, 6.45) is 0. The number of nitrogens with zero attached hydrogens (tertiary/aromatic N) is 3. The second kappa shape index (κ2) is 5.47. The van der Waals surface area contributed by atoms with Gasteiger partial charge in [0, 0.05) is 7.05 Å². The number of benzene rings is 1. The van der Waals surface area contributed by atoms with Gasteiger partial charge < -0.3 is 4.74 Å². The van der Waals surface area contributed by atoms with Gasteiger partial charge in [0.1, 0.15) is 5.82 Å². The SMILES string of the molecule is Cc1nc(NC(=O)COc2ccccc2F)n(C)n1. The number of ether oxygens (including phenoxy) is 1. The van der Waals surface area contributed by atoms with Gasteiger partial charge in [0.2, 0.25) is 5.95 Å². The number of carbonyl (C=O) groups is 1. The molecule has 1 amide bonds. The van der Waals surface area contributed by atoms with Crippen LogP contribution in [-0.4, -0.2) is 27.3 Å². The van der Waals surface area contributed by atoms with Crippen molar-refractivity contribution < 1.29 is 13.9 Å². The topological polar surface area (TPSA) is 69.0 Å². The third-order valence-corrected chi connectivity index (χ3v) is 2.32. The fraction of sp³-hybridized carbons (Fsp3) is 0.250. The molecule has 0 aliphatic carbocycles. The number of halogens is 1. The Kier molecular flexibility index (Phi) is 3.74. The summed E-state index contributed by atoms with van der Waals surface area (Å²) in [6, 6.07) is 5.89. The van der Waals surface area contributed by atoms with Crippen LogP contribution in [-0.2, 0) is 11.8 Å². The number of para-hydroxylation sites is 1. The second-order valence-corrected chi connectivity index (χ2v) is 3.87. The number of anilines is 1. The lowest BCUT2D eigenvalue weighted by atomic mass is 10.3. The molecular formula is C12H13FN4O2. The first kappa shape index (κ1) is 13.0. The molecule has 0 aliphatic heterocycles. The molecule has 1 heterocycles. The zero-order valence-electron chi connectivity index (χ0n) is 10.6. The Labute approximate surface area is 109 Å². The van der Waals surface area contributed by atoms with Crippen molar-refractivity contribution in [3.8, 4) is 5.75 Å². The van der Waals surface area contributed by atoms with E-state index in [-0.39, 0.29) is 12.4 Å². The molecule has 0 fully saturated rings. The predicted octanol–water partition coefficient (Wildman–Crippen LogP) is 1.28. The van der Waals surface area contributed by atoms with Crippen LogP contribution in [0.15, 0.2) is 24.3 Å². The van der Waals surface area contributed by atoms with Crippen LogP contribution in [0.25, 0.3) is 0 Å². The van der Waals surface area contributed by atoms with Gasteiger partial charge in [0.25, 0.3) is 5.91 Å². The van der Waals surface area contributed by atoms with Crippen molar-refractivity contribution in [1.82, 2.24) is 14.8 Å². The molecule has 19 heavy (non-hydrogen) atoms. The number of hydrogen-bond acceptors (Lipinski definition) is 4. The standard InChI is InChI=1S/C12H13FN4O2/c1-8-14-12(17(2)16-8)15-11(18)7-19-10-6-4-3-5-9(10)13/h3-6H,7H2,1-2H3,(H,14,15,16,18). The molecule has 7 heteroatoms. The van der Waals surface area contributed by atoms with E-state index in [2.05, 4.69) is 15.4 Å². The molecule has 0 aliphatic rings. The summed E-state index contributed by atoms with van der Waals surface area (Å²) >= 11 is 0. The average molecular weight is 264 g/mol. The highest BCUT2D eigenvalue weighted by Crippen LogP contribution is 2.15. The van der Waals surface area contributed by atoms with E-state index in [1.165, 1.54) is 16.8 Å². The Bertz CT molecular complexity index is 597. The molecule has 100 valence electrons. The van der Waals surface area contributed by atoms with Crippen molar-refractivity contribution in [3.05, 3.63) is 35.9 Å². The third kappa shape index (κ3) is 3.27.